The molecule has 1 rings (SSSR count). The van der Waals surface area contributed by atoms with Crippen LogP contribution in [-0.2, 0) is 10.1 Å². The van der Waals surface area contributed by atoms with Gasteiger partial charge in [-0.25, -0.2) is 4.99 Å². The molecule has 0 unspecified atom stereocenters. The van der Waals surface area contributed by atoms with Crippen LogP contribution >= 0.6 is 11.8 Å². The quantitative estimate of drug-likeness (QED) is 0.244. The molecule has 1 aromatic carbocycles. The summed E-state index contributed by atoms with van der Waals surface area (Å²) >= 11 is 1.10. The van der Waals surface area contributed by atoms with E-state index in [-0.39, 0.29) is 16.6 Å². The van der Waals surface area contributed by atoms with Crippen molar-refractivity contribution >= 4 is 32.7 Å². The molecular formula is C9H9N3O4S2. The maximum atomic E-state index is 10.9. The molecule has 0 fully saturated rings. The Bertz CT molecular complexity index is 619. The molecule has 0 amide bonds. The molecule has 0 saturated heterocycles. The van der Waals surface area contributed by atoms with E-state index in [4.69, 9.17) is 9.81 Å². The first-order valence-corrected chi connectivity index (χ1v) is 7.13. The van der Waals surface area contributed by atoms with E-state index in [1.54, 1.807) is 12.4 Å². The molecule has 0 heterocycles. The number of amidine groups is 1. The molecule has 96 valence electrons. The van der Waals surface area contributed by atoms with Crippen molar-refractivity contribution in [2.24, 2.45) is 4.99 Å². The second-order valence-electron chi connectivity index (χ2n) is 2.98. The van der Waals surface area contributed by atoms with Gasteiger partial charge in [-0.1, -0.05) is 11.8 Å². The van der Waals surface area contributed by atoms with E-state index in [2.05, 4.69) is 10.3 Å². The van der Waals surface area contributed by atoms with Crippen LogP contribution in [0.3, 0.4) is 0 Å². The highest BCUT2D eigenvalue weighted by atomic mass is 32.2. The van der Waals surface area contributed by atoms with Gasteiger partial charge in [-0.2, -0.15) is 13.7 Å². The van der Waals surface area contributed by atoms with Crippen molar-refractivity contribution in [1.82, 2.24) is 5.32 Å². The number of thioether (sulfide) groups is 1. The Balaban J connectivity index is 3.29. The Morgan fingerprint density at radius 2 is 2.22 bits per heavy atom. The number of nitrogens with zero attached hydrogens (tertiary/aromatic N) is 2. The molecule has 9 heteroatoms. The third-order valence-corrected chi connectivity index (χ3v) is 3.25. The van der Waals surface area contributed by atoms with Gasteiger partial charge < -0.3 is 5.11 Å². The minimum Gasteiger partial charge on any atom is -0.506 e. The number of aliphatic imine (C=N–C) groups is 1. The minimum atomic E-state index is -4.37. The third-order valence-electron chi connectivity index (χ3n) is 1.82. The third kappa shape index (κ3) is 3.63. The summed E-state index contributed by atoms with van der Waals surface area (Å²) < 4.78 is 30.7. The van der Waals surface area contributed by atoms with Gasteiger partial charge in [-0.05, 0) is 24.5 Å². The maximum Gasteiger partial charge on any atom is 0.294 e. The smallest absolute Gasteiger partial charge is 0.294 e. The summed E-state index contributed by atoms with van der Waals surface area (Å²) in [5.74, 6) is -0.270. The number of nitriles is 1. The molecule has 0 aliphatic rings. The largest absolute Gasteiger partial charge is 0.506 e. The Hall–Kier alpha value is -1.76. The number of aromatic hydroxyl groups is 1. The van der Waals surface area contributed by atoms with E-state index in [0.717, 1.165) is 30.0 Å². The Labute approximate surface area is 108 Å². The predicted molar refractivity (Wildman–Crippen MR) is 67.3 cm³/mol. The van der Waals surface area contributed by atoms with E-state index in [1.165, 1.54) is 0 Å². The van der Waals surface area contributed by atoms with Gasteiger partial charge in [-0.15, -0.1) is 0 Å². The van der Waals surface area contributed by atoms with Crippen molar-refractivity contribution in [1.29, 1.82) is 5.26 Å². The number of nitrogens with one attached hydrogen (secondary N) is 1. The van der Waals surface area contributed by atoms with Gasteiger partial charge in [-0.3, -0.25) is 9.87 Å². The van der Waals surface area contributed by atoms with Crippen LogP contribution in [0.25, 0.3) is 0 Å². The van der Waals surface area contributed by atoms with Crippen LogP contribution < -0.4 is 5.32 Å². The number of phenolic OH excluding ortho intramolecular Hbond substituents is 1. The highest BCUT2D eigenvalue weighted by Gasteiger charge is 2.12. The number of phenols is 1. The topological polar surface area (TPSA) is 123 Å². The van der Waals surface area contributed by atoms with Crippen LogP contribution in [0.2, 0.25) is 0 Å². The molecule has 3 N–H and O–H groups in total. The zero-order valence-electron chi connectivity index (χ0n) is 9.15. The van der Waals surface area contributed by atoms with Gasteiger partial charge in [0.15, 0.2) is 11.4 Å². The molecule has 0 aliphatic heterocycles. The summed E-state index contributed by atoms with van der Waals surface area (Å²) in [6.07, 6.45) is 3.30. The van der Waals surface area contributed by atoms with E-state index >= 15 is 0 Å². The van der Waals surface area contributed by atoms with E-state index in [0.29, 0.717) is 0 Å². The normalized spacial score (nSPS) is 11.9. The number of rotatable bonds is 2. The average molecular weight is 287 g/mol. The van der Waals surface area contributed by atoms with Crippen LogP contribution in [-0.4, -0.2) is 29.5 Å². The van der Waals surface area contributed by atoms with Crippen molar-refractivity contribution in [3.8, 4) is 11.9 Å². The first-order valence-electron chi connectivity index (χ1n) is 4.46. The van der Waals surface area contributed by atoms with Crippen molar-refractivity contribution in [3.05, 3.63) is 18.2 Å². The summed E-state index contributed by atoms with van der Waals surface area (Å²) in [6, 6.07) is 3.13. The van der Waals surface area contributed by atoms with Crippen molar-refractivity contribution in [2.75, 3.05) is 6.26 Å². The highest BCUT2D eigenvalue weighted by molar-refractivity contribution is 8.13. The first kappa shape index (κ1) is 14.3. The van der Waals surface area contributed by atoms with Gasteiger partial charge in [0.25, 0.3) is 10.1 Å². The number of benzene rings is 1. The van der Waals surface area contributed by atoms with Gasteiger partial charge in [0, 0.05) is 0 Å². The molecule has 0 bridgehead atoms. The van der Waals surface area contributed by atoms with Crippen LogP contribution in [0, 0.1) is 11.5 Å². The SMILES string of the molecule is CSC(=Nc1cc(S(=O)(=O)O)ccc1O)NC#N. The molecule has 0 saturated carbocycles. The number of hydrogen-bond donors (Lipinski definition) is 3. The maximum absolute atomic E-state index is 10.9. The summed E-state index contributed by atoms with van der Waals surface area (Å²) in [4.78, 5) is 3.47. The Morgan fingerprint density at radius 1 is 1.56 bits per heavy atom. The summed E-state index contributed by atoms with van der Waals surface area (Å²) in [5, 5.41) is 20.4. The zero-order chi connectivity index (χ0) is 13.8. The lowest BCUT2D eigenvalue weighted by Crippen LogP contribution is -2.12. The predicted octanol–water partition coefficient (Wildman–Crippen LogP) is 1.06. The molecule has 0 aliphatic carbocycles. The summed E-state index contributed by atoms with van der Waals surface area (Å²) in [7, 11) is -4.37. The van der Waals surface area contributed by atoms with Gasteiger partial charge >= 0.3 is 0 Å². The van der Waals surface area contributed by atoms with Crippen molar-refractivity contribution in [3.63, 3.8) is 0 Å². The molecular weight excluding hydrogens is 278 g/mol. The molecule has 18 heavy (non-hydrogen) atoms. The molecule has 7 nitrogen and oxygen atoms in total. The van der Waals surface area contributed by atoms with E-state index in [1.807, 2.05) is 0 Å². The fourth-order valence-electron chi connectivity index (χ4n) is 1.04. The summed E-state index contributed by atoms with van der Waals surface area (Å²) in [6.45, 7) is 0. The zero-order valence-corrected chi connectivity index (χ0v) is 10.8. The lowest BCUT2D eigenvalue weighted by molar-refractivity contribution is 0.474. The molecule has 0 spiro atoms. The molecule has 0 aromatic heterocycles. The van der Waals surface area contributed by atoms with Gasteiger partial charge in [0.05, 0.1) is 4.90 Å². The lowest BCUT2D eigenvalue weighted by Gasteiger charge is -2.04. The average Bonchev–Trinajstić information content (AvgIpc) is 2.29. The second-order valence-corrected chi connectivity index (χ2v) is 5.20. The van der Waals surface area contributed by atoms with Crippen LogP contribution in [0.1, 0.15) is 0 Å². The fourth-order valence-corrected chi connectivity index (χ4v) is 1.87. The van der Waals surface area contributed by atoms with Crippen LogP contribution in [0.5, 0.6) is 5.75 Å². The second kappa shape index (κ2) is 5.72. The lowest BCUT2D eigenvalue weighted by atomic mass is 10.3. The monoisotopic (exact) mass is 287 g/mol. The van der Waals surface area contributed by atoms with E-state index in [9.17, 15) is 13.5 Å². The fraction of sp³-hybridized carbons (Fsp3) is 0.111. The van der Waals surface area contributed by atoms with Gasteiger partial charge in [0.1, 0.15) is 11.4 Å². The molecule has 0 radical (unpaired) electrons. The van der Waals surface area contributed by atoms with Gasteiger partial charge in [0.2, 0.25) is 0 Å². The van der Waals surface area contributed by atoms with Crippen LogP contribution in [0.15, 0.2) is 28.1 Å². The van der Waals surface area contributed by atoms with Crippen molar-refractivity contribution < 1.29 is 18.1 Å². The van der Waals surface area contributed by atoms with E-state index < -0.39 is 15.0 Å². The van der Waals surface area contributed by atoms with Crippen molar-refractivity contribution in [2.45, 2.75) is 4.90 Å². The Morgan fingerprint density at radius 3 is 2.72 bits per heavy atom. The first-order chi connectivity index (χ1) is 8.38. The molecule has 1 aromatic rings. The highest BCUT2D eigenvalue weighted by Crippen LogP contribution is 2.29. The Kier molecular flexibility index (Phi) is 4.55. The standard InChI is InChI=1S/C9H9N3O4S2/c1-17-9(11-5-10)12-7-4-6(18(14,15)16)2-3-8(7)13/h2-4,13H,1H3,(H,11,12)(H,14,15,16). The summed E-state index contributed by atoms with van der Waals surface area (Å²) in [5.41, 5.74) is -0.0720. The van der Waals surface area contributed by atoms with Crippen LogP contribution in [0.4, 0.5) is 5.69 Å². The number of hydrogen-bond acceptors (Lipinski definition) is 6. The molecule has 0 atom stereocenters. The minimum absolute atomic E-state index is 0.0720.